The summed E-state index contributed by atoms with van der Waals surface area (Å²) in [4.78, 5) is 9.48. The first-order valence-electron chi connectivity index (χ1n) is 20.0. The monoisotopic (exact) mass is 775 g/mol. The Balaban J connectivity index is 0.872. The van der Waals surface area contributed by atoms with E-state index in [9.17, 15) is 0 Å². The number of para-hydroxylation sites is 3. The van der Waals surface area contributed by atoms with Crippen molar-refractivity contribution in [2.24, 2.45) is 0 Å². The van der Waals surface area contributed by atoms with Crippen LogP contribution in [0.2, 0.25) is 0 Å². The second-order valence-electron chi connectivity index (χ2n) is 14.9. The van der Waals surface area contributed by atoms with Crippen molar-refractivity contribution in [1.29, 1.82) is 0 Å². The molecule has 2 aromatic heterocycles. The highest BCUT2D eigenvalue weighted by molar-refractivity contribution is 7.26. The molecule has 59 heavy (non-hydrogen) atoms. The highest BCUT2D eigenvalue weighted by Crippen LogP contribution is 2.42. The molecule has 10 rings (SSSR count). The van der Waals surface area contributed by atoms with Crippen LogP contribution in [0.15, 0.2) is 219 Å². The van der Waals surface area contributed by atoms with Crippen LogP contribution in [0.5, 0.6) is 0 Å². The molecule has 3 heterocycles. The Hall–Kier alpha value is -7.27. The zero-order valence-corrected chi connectivity index (χ0v) is 33.6. The molecular formula is C55H41N3S. The van der Waals surface area contributed by atoms with Crippen LogP contribution >= 0.6 is 11.3 Å². The summed E-state index contributed by atoms with van der Waals surface area (Å²) in [6.45, 7) is 4.18. The van der Waals surface area contributed by atoms with E-state index in [1.165, 1.54) is 53.9 Å². The highest BCUT2D eigenvalue weighted by atomic mass is 32.1. The van der Waals surface area contributed by atoms with Gasteiger partial charge < -0.3 is 9.80 Å². The molecule has 1 aliphatic heterocycles. The smallest absolute Gasteiger partial charge is 0.132 e. The second-order valence-corrected chi connectivity index (χ2v) is 15.9. The molecule has 9 aromatic rings. The van der Waals surface area contributed by atoms with E-state index in [2.05, 4.69) is 218 Å². The maximum absolute atomic E-state index is 4.95. The van der Waals surface area contributed by atoms with E-state index in [1.54, 1.807) is 0 Å². The molecule has 0 aliphatic carbocycles. The van der Waals surface area contributed by atoms with Crippen LogP contribution in [-0.2, 0) is 6.42 Å². The molecule has 1 aliphatic rings. The quantitative estimate of drug-likeness (QED) is 0.136. The van der Waals surface area contributed by atoms with Gasteiger partial charge in [-0.3, -0.25) is 0 Å². The largest absolute Gasteiger partial charge is 0.329 e. The van der Waals surface area contributed by atoms with E-state index in [0.29, 0.717) is 0 Å². The molecule has 4 heteroatoms. The summed E-state index contributed by atoms with van der Waals surface area (Å²) in [5.41, 5.74) is 15.3. The van der Waals surface area contributed by atoms with Gasteiger partial charge in [-0.25, -0.2) is 4.98 Å². The first-order chi connectivity index (χ1) is 29.1. The molecule has 0 unspecified atom stereocenters. The third-order valence-corrected chi connectivity index (χ3v) is 12.6. The van der Waals surface area contributed by atoms with Gasteiger partial charge in [0, 0.05) is 73.7 Å². The number of allylic oxidation sites excluding steroid dienone is 5. The van der Waals surface area contributed by atoms with Crippen molar-refractivity contribution >= 4 is 60.0 Å². The summed E-state index contributed by atoms with van der Waals surface area (Å²) in [5, 5.41) is 2.64. The molecule has 0 bridgehead atoms. The Morgan fingerprint density at radius 2 is 1.29 bits per heavy atom. The molecule has 0 saturated heterocycles. The van der Waals surface area contributed by atoms with Crippen molar-refractivity contribution in [3.63, 3.8) is 0 Å². The van der Waals surface area contributed by atoms with Gasteiger partial charge in [0.1, 0.15) is 5.82 Å². The normalized spacial score (nSPS) is 13.3. The van der Waals surface area contributed by atoms with E-state index in [4.69, 9.17) is 4.98 Å². The number of benzene rings is 7. The van der Waals surface area contributed by atoms with Crippen molar-refractivity contribution in [3.05, 3.63) is 230 Å². The molecule has 0 amide bonds. The summed E-state index contributed by atoms with van der Waals surface area (Å²) in [6.07, 6.45) is 9.24. The van der Waals surface area contributed by atoms with Gasteiger partial charge in [0.2, 0.25) is 0 Å². The molecule has 282 valence electrons. The minimum absolute atomic E-state index is 0.881. The minimum atomic E-state index is 0.881. The highest BCUT2D eigenvalue weighted by Gasteiger charge is 2.24. The number of aromatic nitrogens is 1. The molecule has 0 atom stereocenters. The average Bonchev–Trinajstić information content (AvgIpc) is 3.88. The standard InChI is InChI=1S/C55H41N3S/c1-3-38(32-34-46-36-43-14-7-10-21-51(43)58(46)45-15-5-4-6-16-45)39-24-28-41(29-25-39)47-17-8-11-22-52(47)57(2)54-35-33-44(37-56-54)40-26-30-42(31-27-40)48-19-13-20-50-49-18-9-12-23-53(49)59-55(48)50/h3-35,37H,1,36H2,2H3/b38-32+,46-34+. The van der Waals surface area contributed by atoms with Gasteiger partial charge in [0.25, 0.3) is 0 Å². The number of thiophene rings is 1. The predicted molar refractivity (Wildman–Crippen MR) is 253 cm³/mol. The number of rotatable bonds is 9. The molecule has 0 saturated carbocycles. The SMILES string of the molecule is C=C/C(=C\C=C1/Cc2ccccc2N1c1ccccc1)c1ccc(-c2ccccc2N(C)c2ccc(-c3ccc(-c4cccc5c4sc4ccccc45)cc3)cn2)cc1. The summed E-state index contributed by atoms with van der Waals surface area (Å²) in [5.74, 6) is 0.884. The van der Waals surface area contributed by atoms with Gasteiger partial charge in [0.15, 0.2) is 0 Å². The Bertz CT molecular complexity index is 3030. The van der Waals surface area contributed by atoms with E-state index < -0.39 is 0 Å². The van der Waals surface area contributed by atoms with E-state index in [1.807, 2.05) is 23.6 Å². The maximum atomic E-state index is 4.95. The summed E-state index contributed by atoms with van der Waals surface area (Å²) in [7, 11) is 2.09. The number of anilines is 4. The molecule has 0 spiro atoms. The van der Waals surface area contributed by atoms with Crippen LogP contribution in [0.3, 0.4) is 0 Å². The third kappa shape index (κ3) is 6.84. The Morgan fingerprint density at radius 3 is 2.10 bits per heavy atom. The molecule has 0 fully saturated rings. The lowest BCUT2D eigenvalue weighted by Crippen LogP contribution is -2.12. The van der Waals surface area contributed by atoms with Gasteiger partial charge in [-0.2, -0.15) is 0 Å². The predicted octanol–water partition coefficient (Wildman–Crippen LogP) is 15.1. The first-order valence-corrected chi connectivity index (χ1v) is 20.8. The minimum Gasteiger partial charge on any atom is -0.329 e. The fourth-order valence-corrected chi connectivity index (χ4v) is 9.58. The zero-order valence-electron chi connectivity index (χ0n) is 32.8. The van der Waals surface area contributed by atoms with Crippen molar-refractivity contribution in [2.75, 3.05) is 16.8 Å². The Kier molecular flexibility index (Phi) is 9.53. The number of nitrogens with zero attached hydrogens (tertiary/aromatic N) is 3. The van der Waals surface area contributed by atoms with E-state index >= 15 is 0 Å². The van der Waals surface area contributed by atoms with Crippen LogP contribution in [-0.4, -0.2) is 12.0 Å². The van der Waals surface area contributed by atoms with Crippen molar-refractivity contribution in [2.45, 2.75) is 6.42 Å². The molecule has 0 radical (unpaired) electrons. The number of pyridine rings is 1. The number of hydrogen-bond acceptors (Lipinski definition) is 4. The fourth-order valence-electron chi connectivity index (χ4n) is 8.34. The van der Waals surface area contributed by atoms with E-state index in [-0.39, 0.29) is 0 Å². The molecule has 0 N–H and O–H groups in total. The van der Waals surface area contributed by atoms with Gasteiger partial charge in [-0.15, -0.1) is 11.3 Å². The summed E-state index contributed by atoms with van der Waals surface area (Å²) >= 11 is 1.87. The lowest BCUT2D eigenvalue weighted by atomic mass is 9.98. The van der Waals surface area contributed by atoms with Crippen molar-refractivity contribution in [1.82, 2.24) is 4.98 Å². The number of hydrogen-bond donors (Lipinski definition) is 0. The zero-order chi connectivity index (χ0) is 39.7. The first kappa shape index (κ1) is 36.1. The summed E-state index contributed by atoms with van der Waals surface area (Å²) in [6, 6.07) is 65.0. The van der Waals surface area contributed by atoms with Gasteiger partial charge in [-0.1, -0.05) is 158 Å². The van der Waals surface area contributed by atoms with Gasteiger partial charge >= 0.3 is 0 Å². The van der Waals surface area contributed by atoms with Crippen molar-refractivity contribution < 1.29 is 0 Å². The third-order valence-electron chi connectivity index (χ3n) is 11.4. The lowest BCUT2D eigenvalue weighted by molar-refractivity contribution is 1.13. The van der Waals surface area contributed by atoms with Crippen molar-refractivity contribution in [3.8, 4) is 33.4 Å². The summed E-state index contributed by atoms with van der Waals surface area (Å²) < 4.78 is 2.66. The van der Waals surface area contributed by atoms with Crippen LogP contribution in [0.1, 0.15) is 11.1 Å². The second kappa shape index (κ2) is 15.6. The maximum Gasteiger partial charge on any atom is 0.132 e. The van der Waals surface area contributed by atoms with Gasteiger partial charge in [-0.05, 0) is 87.5 Å². The Morgan fingerprint density at radius 1 is 0.627 bits per heavy atom. The molecular weight excluding hydrogens is 735 g/mol. The van der Waals surface area contributed by atoms with Crippen LogP contribution in [0.4, 0.5) is 22.9 Å². The topological polar surface area (TPSA) is 19.4 Å². The molecule has 3 nitrogen and oxygen atoms in total. The number of fused-ring (bicyclic) bond motifs is 4. The molecule has 7 aromatic carbocycles. The van der Waals surface area contributed by atoms with Crippen LogP contribution < -0.4 is 9.80 Å². The van der Waals surface area contributed by atoms with Gasteiger partial charge in [0.05, 0.1) is 0 Å². The van der Waals surface area contributed by atoms with Crippen LogP contribution in [0, 0.1) is 0 Å². The Labute approximate surface area is 349 Å². The van der Waals surface area contributed by atoms with Crippen LogP contribution in [0.25, 0.3) is 59.1 Å². The average molecular weight is 776 g/mol. The van der Waals surface area contributed by atoms with E-state index in [0.717, 1.165) is 51.3 Å². The fraction of sp³-hybridized carbons (Fsp3) is 0.0364. The lowest BCUT2D eigenvalue weighted by Gasteiger charge is -2.22.